The molecular formula is C16H20. The highest BCUT2D eigenvalue weighted by molar-refractivity contribution is 5.45. The Hall–Kier alpha value is -1.04. The van der Waals surface area contributed by atoms with Crippen molar-refractivity contribution >= 4 is 0 Å². The highest BCUT2D eigenvalue weighted by atomic mass is 14.4. The number of rotatable bonds is 0. The summed E-state index contributed by atoms with van der Waals surface area (Å²) in [5.41, 5.74) is 5.34. The highest BCUT2D eigenvalue weighted by Gasteiger charge is 2.39. The van der Waals surface area contributed by atoms with Crippen molar-refractivity contribution in [2.75, 3.05) is 0 Å². The zero-order chi connectivity index (χ0) is 11.2. The van der Waals surface area contributed by atoms with Gasteiger partial charge in [0.05, 0.1) is 0 Å². The van der Waals surface area contributed by atoms with Crippen molar-refractivity contribution in [2.24, 2.45) is 11.3 Å². The molecule has 1 unspecified atom stereocenters. The molecular weight excluding hydrogens is 192 g/mol. The number of allylic oxidation sites excluding steroid dienone is 8. The molecule has 0 bridgehead atoms. The third-order valence-corrected chi connectivity index (χ3v) is 4.56. The minimum Gasteiger partial charge on any atom is -0.0876 e. The Labute approximate surface area is 98.4 Å². The van der Waals surface area contributed by atoms with E-state index < -0.39 is 0 Å². The van der Waals surface area contributed by atoms with E-state index in [-0.39, 0.29) is 0 Å². The zero-order valence-corrected chi connectivity index (χ0v) is 10.3. The molecule has 0 amide bonds. The molecule has 3 rings (SSSR count). The second kappa shape index (κ2) is 3.48. The second-order valence-electron chi connectivity index (χ2n) is 5.79. The van der Waals surface area contributed by atoms with E-state index >= 15 is 0 Å². The maximum absolute atomic E-state index is 2.50. The quantitative estimate of drug-likeness (QED) is 0.516. The van der Waals surface area contributed by atoms with E-state index in [1.54, 1.807) is 16.7 Å². The standard InChI is InChI=1S/C16H20/c1-16(2)14-9-5-3-7-12(14)11-13-8-4-6-10-15(13)16/h3-6,11,14H,7-10H2,1-2H3. The molecule has 0 aromatic heterocycles. The van der Waals surface area contributed by atoms with Gasteiger partial charge in [-0.25, -0.2) is 0 Å². The van der Waals surface area contributed by atoms with Crippen LogP contribution in [0.2, 0.25) is 0 Å². The zero-order valence-electron chi connectivity index (χ0n) is 10.3. The summed E-state index contributed by atoms with van der Waals surface area (Å²) in [4.78, 5) is 0. The minimum absolute atomic E-state index is 0.370. The summed E-state index contributed by atoms with van der Waals surface area (Å²) in [7, 11) is 0. The number of fused-ring (bicyclic) bond motifs is 1. The Morgan fingerprint density at radius 3 is 2.62 bits per heavy atom. The minimum atomic E-state index is 0.370. The SMILES string of the molecule is CC1(C)C2=C(C=C3CC=CCC31)CC=CC2. The van der Waals surface area contributed by atoms with Gasteiger partial charge in [-0.1, -0.05) is 55.4 Å². The Morgan fingerprint density at radius 2 is 1.75 bits per heavy atom. The van der Waals surface area contributed by atoms with Crippen LogP contribution in [0.15, 0.2) is 47.1 Å². The molecule has 84 valence electrons. The monoisotopic (exact) mass is 212 g/mol. The van der Waals surface area contributed by atoms with E-state index in [0.717, 1.165) is 12.3 Å². The summed E-state index contributed by atoms with van der Waals surface area (Å²) in [5.74, 6) is 0.753. The average molecular weight is 212 g/mol. The molecule has 3 aliphatic rings. The van der Waals surface area contributed by atoms with Crippen molar-refractivity contribution in [2.45, 2.75) is 39.5 Å². The number of hydrogen-bond donors (Lipinski definition) is 0. The van der Waals surface area contributed by atoms with Gasteiger partial charge in [0.25, 0.3) is 0 Å². The summed E-state index contributed by atoms with van der Waals surface area (Å²) >= 11 is 0. The lowest BCUT2D eigenvalue weighted by Gasteiger charge is -2.44. The Balaban J connectivity index is 2.08. The predicted octanol–water partition coefficient (Wildman–Crippen LogP) is 4.57. The van der Waals surface area contributed by atoms with Crippen LogP contribution < -0.4 is 0 Å². The van der Waals surface area contributed by atoms with E-state index in [1.165, 1.54) is 19.3 Å². The fraction of sp³-hybridized carbons (Fsp3) is 0.500. The molecule has 0 aliphatic heterocycles. The van der Waals surface area contributed by atoms with Gasteiger partial charge in [-0.15, -0.1) is 0 Å². The van der Waals surface area contributed by atoms with Crippen LogP contribution in [0.3, 0.4) is 0 Å². The third kappa shape index (κ3) is 1.36. The Morgan fingerprint density at radius 1 is 1.00 bits per heavy atom. The van der Waals surface area contributed by atoms with Gasteiger partial charge in [-0.3, -0.25) is 0 Å². The molecule has 0 saturated carbocycles. The lowest BCUT2D eigenvalue weighted by Crippen LogP contribution is -2.32. The average Bonchev–Trinajstić information content (AvgIpc) is 2.29. The summed E-state index contributed by atoms with van der Waals surface area (Å²) in [5, 5.41) is 0. The van der Waals surface area contributed by atoms with Gasteiger partial charge in [0.1, 0.15) is 0 Å². The van der Waals surface area contributed by atoms with E-state index in [4.69, 9.17) is 0 Å². The van der Waals surface area contributed by atoms with Crippen molar-refractivity contribution in [1.82, 2.24) is 0 Å². The lowest BCUT2D eigenvalue weighted by atomic mass is 9.60. The van der Waals surface area contributed by atoms with Crippen LogP contribution in [0.25, 0.3) is 0 Å². The topological polar surface area (TPSA) is 0 Å². The van der Waals surface area contributed by atoms with Crippen LogP contribution in [-0.2, 0) is 0 Å². The van der Waals surface area contributed by atoms with Crippen LogP contribution in [0.4, 0.5) is 0 Å². The first-order valence-corrected chi connectivity index (χ1v) is 6.42. The molecule has 0 N–H and O–H groups in total. The molecule has 0 aromatic rings. The number of hydrogen-bond acceptors (Lipinski definition) is 0. The molecule has 0 saturated heterocycles. The molecule has 0 nitrogen and oxygen atoms in total. The van der Waals surface area contributed by atoms with Crippen LogP contribution in [-0.4, -0.2) is 0 Å². The van der Waals surface area contributed by atoms with Crippen molar-refractivity contribution < 1.29 is 0 Å². The van der Waals surface area contributed by atoms with Crippen molar-refractivity contribution in [3.05, 3.63) is 47.1 Å². The Bertz CT molecular complexity index is 427. The van der Waals surface area contributed by atoms with Crippen molar-refractivity contribution in [1.29, 1.82) is 0 Å². The first-order chi connectivity index (χ1) is 7.69. The molecule has 3 aliphatic carbocycles. The summed E-state index contributed by atoms with van der Waals surface area (Å²) in [6, 6.07) is 0. The third-order valence-electron chi connectivity index (χ3n) is 4.56. The highest BCUT2D eigenvalue weighted by Crippen LogP contribution is 2.51. The maximum Gasteiger partial charge on any atom is -0.00670 e. The van der Waals surface area contributed by atoms with E-state index in [2.05, 4.69) is 44.2 Å². The molecule has 0 heteroatoms. The lowest BCUT2D eigenvalue weighted by molar-refractivity contribution is 0.285. The molecule has 0 radical (unpaired) electrons. The van der Waals surface area contributed by atoms with Gasteiger partial charge in [0, 0.05) is 0 Å². The first kappa shape index (κ1) is 10.1. The maximum atomic E-state index is 2.50. The Kier molecular flexibility index (Phi) is 2.20. The molecule has 0 fully saturated rings. The molecule has 0 spiro atoms. The first-order valence-electron chi connectivity index (χ1n) is 6.42. The van der Waals surface area contributed by atoms with E-state index in [0.29, 0.717) is 5.41 Å². The van der Waals surface area contributed by atoms with Crippen LogP contribution in [0.5, 0.6) is 0 Å². The van der Waals surface area contributed by atoms with Crippen LogP contribution in [0, 0.1) is 11.3 Å². The largest absolute Gasteiger partial charge is 0.0876 e. The van der Waals surface area contributed by atoms with Gasteiger partial charge in [-0.2, -0.15) is 0 Å². The van der Waals surface area contributed by atoms with Crippen molar-refractivity contribution in [3.63, 3.8) is 0 Å². The van der Waals surface area contributed by atoms with Gasteiger partial charge in [0.2, 0.25) is 0 Å². The van der Waals surface area contributed by atoms with E-state index in [1.807, 2.05) is 0 Å². The molecule has 0 aromatic carbocycles. The normalized spacial score (nSPS) is 30.9. The van der Waals surface area contributed by atoms with Gasteiger partial charge in [-0.05, 0) is 42.6 Å². The van der Waals surface area contributed by atoms with Crippen LogP contribution in [0.1, 0.15) is 39.5 Å². The van der Waals surface area contributed by atoms with Crippen LogP contribution >= 0.6 is 0 Å². The van der Waals surface area contributed by atoms with Gasteiger partial charge in [0.15, 0.2) is 0 Å². The fourth-order valence-corrected chi connectivity index (χ4v) is 3.59. The predicted molar refractivity (Wildman–Crippen MR) is 69.1 cm³/mol. The summed E-state index contributed by atoms with van der Waals surface area (Å²) in [6.07, 6.45) is 16.6. The molecule has 16 heavy (non-hydrogen) atoms. The van der Waals surface area contributed by atoms with Crippen molar-refractivity contribution in [3.8, 4) is 0 Å². The second-order valence-corrected chi connectivity index (χ2v) is 5.79. The molecule has 1 atom stereocenters. The summed E-state index contributed by atoms with van der Waals surface area (Å²) < 4.78 is 0. The summed E-state index contributed by atoms with van der Waals surface area (Å²) in [6.45, 7) is 4.89. The molecule has 0 heterocycles. The van der Waals surface area contributed by atoms with Gasteiger partial charge < -0.3 is 0 Å². The fourth-order valence-electron chi connectivity index (χ4n) is 3.59. The van der Waals surface area contributed by atoms with Gasteiger partial charge >= 0.3 is 0 Å². The van der Waals surface area contributed by atoms with E-state index in [9.17, 15) is 0 Å². The smallest absolute Gasteiger partial charge is 0.00670 e.